The number of carbonyl (C=O) groups excluding carboxylic acids is 2. The fourth-order valence-electron chi connectivity index (χ4n) is 2.39. The molecule has 0 aliphatic carbocycles. The molecule has 114 valence electrons. The van der Waals surface area contributed by atoms with Gasteiger partial charge in [0.25, 0.3) is 10.2 Å². The number of nitrogens with one attached hydrogen (secondary N) is 2. The first-order valence-electron chi connectivity index (χ1n) is 6.54. The second kappa shape index (κ2) is 5.76. The van der Waals surface area contributed by atoms with Gasteiger partial charge in [-0.25, -0.2) is 0 Å². The van der Waals surface area contributed by atoms with E-state index in [1.54, 1.807) is 13.8 Å². The van der Waals surface area contributed by atoms with Crippen molar-refractivity contribution in [1.29, 1.82) is 0 Å². The van der Waals surface area contributed by atoms with Crippen LogP contribution in [0.1, 0.15) is 26.7 Å². The van der Waals surface area contributed by atoms with Gasteiger partial charge in [0.2, 0.25) is 11.8 Å². The number of carbonyl (C=O) groups is 2. The number of morpholine rings is 1. The molecule has 9 heteroatoms. The van der Waals surface area contributed by atoms with Crippen molar-refractivity contribution in [2.45, 2.75) is 44.9 Å². The van der Waals surface area contributed by atoms with Gasteiger partial charge in [0.15, 0.2) is 0 Å². The monoisotopic (exact) mass is 305 g/mol. The SMILES string of the molecule is CC1CN(S(=O)(=O)NC2CCC(=O)NC2=O)CC(C)O1. The normalized spacial score (nSPS) is 33.0. The molecule has 0 saturated carbocycles. The summed E-state index contributed by atoms with van der Waals surface area (Å²) in [6, 6.07) is -0.897. The van der Waals surface area contributed by atoms with Crippen molar-refractivity contribution >= 4 is 22.0 Å². The van der Waals surface area contributed by atoms with Crippen LogP contribution in [0, 0.1) is 0 Å². The summed E-state index contributed by atoms with van der Waals surface area (Å²) in [4.78, 5) is 22.6. The predicted molar refractivity (Wildman–Crippen MR) is 69.8 cm³/mol. The largest absolute Gasteiger partial charge is 0.373 e. The van der Waals surface area contributed by atoms with Crippen LogP contribution >= 0.6 is 0 Å². The first kappa shape index (κ1) is 15.4. The van der Waals surface area contributed by atoms with E-state index in [1.807, 2.05) is 0 Å². The van der Waals surface area contributed by atoms with E-state index in [0.717, 1.165) is 0 Å². The van der Waals surface area contributed by atoms with Gasteiger partial charge in [0, 0.05) is 19.5 Å². The van der Waals surface area contributed by atoms with Crippen molar-refractivity contribution < 1.29 is 22.7 Å². The summed E-state index contributed by atoms with van der Waals surface area (Å²) in [5.41, 5.74) is 0. The van der Waals surface area contributed by atoms with Crippen LogP contribution in [0.4, 0.5) is 0 Å². The van der Waals surface area contributed by atoms with E-state index >= 15 is 0 Å². The Morgan fingerprint density at radius 2 is 1.85 bits per heavy atom. The molecule has 8 nitrogen and oxygen atoms in total. The molecule has 2 aliphatic rings. The number of hydrogen-bond donors (Lipinski definition) is 2. The maximum Gasteiger partial charge on any atom is 0.280 e. The van der Waals surface area contributed by atoms with Gasteiger partial charge in [-0.1, -0.05) is 0 Å². The highest BCUT2D eigenvalue weighted by molar-refractivity contribution is 7.87. The number of hydrogen-bond acceptors (Lipinski definition) is 5. The minimum absolute atomic E-state index is 0.134. The average Bonchev–Trinajstić information content (AvgIpc) is 2.31. The van der Waals surface area contributed by atoms with E-state index in [9.17, 15) is 18.0 Å². The molecule has 2 saturated heterocycles. The van der Waals surface area contributed by atoms with Crippen molar-refractivity contribution in [3.05, 3.63) is 0 Å². The Hall–Kier alpha value is -1.03. The summed E-state index contributed by atoms with van der Waals surface area (Å²) in [7, 11) is -3.77. The molecule has 2 aliphatic heterocycles. The van der Waals surface area contributed by atoms with E-state index in [-0.39, 0.29) is 44.0 Å². The summed E-state index contributed by atoms with van der Waals surface area (Å²) in [5, 5.41) is 2.12. The van der Waals surface area contributed by atoms with Gasteiger partial charge in [-0.15, -0.1) is 0 Å². The summed E-state index contributed by atoms with van der Waals surface area (Å²) >= 11 is 0. The Balaban J connectivity index is 2.03. The van der Waals surface area contributed by atoms with E-state index < -0.39 is 22.2 Å². The van der Waals surface area contributed by atoms with Gasteiger partial charge in [0.1, 0.15) is 6.04 Å². The van der Waals surface area contributed by atoms with E-state index in [1.165, 1.54) is 4.31 Å². The Bertz CT molecular complexity index is 496. The van der Waals surface area contributed by atoms with E-state index in [2.05, 4.69) is 10.0 Å². The highest BCUT2D eigenvalue weighted by atomic mass is 32.2. The number of amides is 2. The molecule has 2 amide bonds. The summed E-state index contributed by atoms with van der Waals surface area (Å²) in [5.74, 6) is -0.974. The van der Waals surface area contributed by atoms with Gasteiger partial charge in [-0.2, -0.15) is 17.4 Å². The third-order valence-corrected chi connectivity index (χ3v) is 4.82. The van der Waals surface area contributed by atoms with Crippen molar-refractivity contribution in [3.63, 3.8) is 0 Å². The number of imide groups is 1. The number of rotatable bonds is 3. The zero-order valence-electron chi connectivity index (χ0n) is 11.5. The standard InChI is InChI=1S/C11H19N3O5S/c1-7-5-14(6-8(2)19-7)20(17,18)13-9-3-4-10(15)12-11(9)16/h7-9,13H,3-6H2,1-2H3,(H,12,15,16). The van der Waals surface area contributed by atoms with Gasteiger partial charge < -0.3 is 4.74 Å². The molecule has 20 heavy (non-hydrogen) atoms. The van der Waals surface area contributed by atoms with Crippen molar-refractivity contribution in [2.24, 2.45) is 0 Å². The highest BCUT2D eigenvalue weighted by Crippen LogP contribution is 2.15. The maximum atomic E-state index is 12.3. The molecular formula is C11H19N3O5S. The highest BCUT2D eigenvalue weighted by Gasteiger charge is 2.35. The first-order valence-corrected chi connectivity index (χ1v) is 7.98. The van der Waals surface area contributed by atoms with Crippen LogP contribution in [0.3, 0.4) is 0 Å². The second-order valence-corrected chi connectivity index (χ2v) is 6.90. The molecular weight excluding hydrogens is 286 g/mol. The van der Waals surface area contributed by atoms with Crippen LogP contribution in [-0.4, -0.2) is 55.9 Å². The van der Waals surface area contributed by atoms with Crippen molar-refractivity contribution in [3.8, 4) is 0 Å². The molecule has 0 aromatic rings. The smallest absolute Gasteiger partial charge is 0.280 e. The molecule has 2 fully saturated rings. The summed E-state index contributed by atoms with van der Waals surface area (Å²) in [6.07, 6.45) is -0.0806. The maximum absolute atomic E-state index is 12.3. The fourth-order valence-corrected chi connectivity index (χ4v) is 3.93. The lowest BCUT2D eigenvalue weighted by Crippen LogP contribution is -2.58. The Labute approximate surface area is 118 Å². The number of nitrogens with zero attached hydrogens (tertiary/aromatic N) is 1. The molecule has 2 heterocycles. The van der Waals surface area contributed by atoms with E-state index in [4.69, 9.17) is 4.74 Å². The quantitative estimate of drug-likeness (QED) is 0.633. The van der Waals surface area contributed by atoms with Gasteiger partial charge in [0.05, 0.1) is 12.2 Å². The molecule has 0 radical (unpaired) electrons. The summed E-state index contributed by atoms with van der Waals surface area (Å²) < 4.78 is 33.6. The minimum atomic E-state index is -3.77. The van der Waals surface area contributed by atoms with Crippen LogP contribution in [-0.2, 0) is 24.5 Å². The second-order valence-electron chi connectivity index (χ2n) is 5.20. The molecule has 0 spiro atoms. The van der Waals surface area contributed by atoms with Crippen LogP contribution < -0.4 is 10.0 Å². The first-order chi connectivity index (χ1) is 9.28. The van der Waals surface area contributed by atoms with Gasteiger partial charge in [-0.05, 0) is 20.3 Å². The third-order valence-electron chi connectivity index (χ3n) is 3.26. The van der Waals surface area contributed by atoms with Crippen molar-refractivity contribution in [2.75, 3.05) is 13.1 Å². The molecule has 0 aromatic carbocycles. The lowest BCUT2D eigenvalue weighted by molar-refractivity contribution is -0.134. The molecule has 2 N–H and O–H groups in total. The minimum Gasteiger partial charge on any atom is -0.373 e. The Kier molecular flexibility index (Phi) is 4.43. The number of ether oxygens (including phenoxy) is 1. The van der Waals surface area contributed by atoms with Crippen LogP contribution in [0.2, 0.25) is 0 Å². The average molecular weight is 305 g/mol. The lowest BCUT2D eigenvalue weighted by Gasteiger charge is -2.35. The summed E-state index contributed by atoms with van der Waals surface area (Å²) in [6.45, 7) is 4.08. The zero-order valence-corrected chi connectivity index (χ0v) is 12.3. The zero-order chi connectivity index (χ0) is 14.9. The molecule has 0 bridgehead atoms. The fraction of sp³-hybridized carbons (Fsp3) is 0.818. The van der Waals surface area contributed by atoms with Crippen LogP contribution in [0.15, 0.2) is 0 Å². The third kappa shape index (κ3) is 3.54. The molecule has 3 atom stereocenters. The predicted octanol–water partition coefficient (Wildman–Crippen LogP) is -1.26. The van der Waals surface area contributed by atoms with Gasteiger partial charge in [-0.3, -0.25) is 14.9 Å². The lowest BCUT2D eigenvalue weighted by atomic mass is 10.1. The topological polar surface area (TPSA) is 105 Å². The number of piperidine rings is 1. The Morgan fingerprint density at radius 1 is 1.25 bits per heavy atom. The Morgan fingerprint density at radius 3 is 2.40 bits per heavy atom. The van der Waals surface area contributed by atoms with Crippen LogP contribution in [0.25, 0.3) is 0 Å². The molecule has 0 aromatic heterocycles. The molecule has 2 rings (SSSR count). The van der Waals surface area contributed by atoms with E-state index in [0.29, 0.717) is 0 Å². The van der Waals surface area contributed by atoms with Crippen LogP contribution in [0.5, 0.6) is 0 Å². The van der Waals surface area contributed by atoms with Crippen molar-refractivity contribution in [1.82, 2.24) is 14.3 Å². The van der Waals surface area contributed by atoms with Gasteiger partial charge >= 0.3 is 0 Å². The molecule has 3 unspecified atom stereocenters.